The summed E-state index contributed by atoms with van der Waals surface area (Å²) in [6, 6.07) is 8.31. The lowest BCUT2D eigenvalue weighted by Gasteiger charge is -2.30. The summed E-state index contributed by atoms with van der Waals surface area (Å²) in [5.74, 6) is 0. The average molecular weight is 192 g/mol. The first-order valence-electron chi connectivity index (χ1n) is 4.99. The van der Waals surface area contributed by atoms with Crippen molar-refractivity contribution in [2.75, 3.05) is 6.54 Å². The van der Waals surface area contributed by atoms with Gasteiger partial charge in [0.2, 0.25) is 0 Å². The van der Waals surface area contributed by atoms with Crippen LogP contribution >= 0.6 is 0 Å². The summed E-state index contributed by atoms with van der Waals surface area (Å²) in [7, 11) is 0. The van der Waals surface area contributed by atoms with Gasteiger partial charge in [0.1, 0.15) is 0 Å². The zero-order valence-electron chi connectivity index (χ0n) is 9.25. The molecule has 0 spiro atoms. The van der Waals surface area contributed by atoms with Crippen molar-refractivity contribution in [1.29, 1.82) is 0 Å². The molecule has 78 valence electrons. The van der Waals surface area contributed by atoms with Crippen molar-refractivity contribution >= 4 is 0 Å². The van der Waals surface area contributed by atoms with Gasteiger partial charge >= 0.3 is 0 Å². The van der Waals surface area contributed by atoms with Gasteiger partial charge in [-0.2, -0.15) is 0 Å². The van der Waals surface area contributed by atoms with E-state index in [-0.39, 0.29) is 11.5 Å². The molecule has 0 bridgehead atoms. The number of rotatable bonds is 3. The fourth-order valence-electron chi connectivity index (χ4n) is 1.44. The van der Waals surface area contributed by atoms with E-state index in [1.807, 2.05) is 6.07 Å². The normalized spacial score (nSPS) is 14.1. The van der Waals surface area contributed by atoms with Gasteiger partial charge in [0.05, 0.1) is 0 Å². The van der Waals surface area contributed by atoms with E-state index in [4.69, 9.17) is 11.5 Å². The Kier molecular flexibility index (Phi) is 3.29. The molecule has 1 aromatic rings. The molecule has 0 aliphatic heterocycles. The van der Waals surface area contributed by atoms with Crippen LogP contribution in [0.3, 0.4) is 0 Å². The van der Waals surface area contributed by atoms with Crippen molar-refractivity contribution in [2.24, 2.45) is 16.9 Å². The Balaban J connectivity index is 2.94. The Morgan fingerprint density at radius 3 is 2.50 bits per heavy atom. The van der Waals surface area contributed by atoms with E-state index >= 15 is 0 Å². The van der Waals surface area contributed by atoms with Crippen molar-refractivity contribution in [3.63, 3.8) is 0 Å². The van der Waals surface area contributed by atoms with E-state index in [2.05, 4.69) is 39.0 Å². The van der Waals surface area contributed by atoms with Crippen LogP contribution in [-0.4, -0.2) is 6.54 Å². The van der Waals surface area contributed by atoms with E-state index < -0.39 is 0 Å². The molecule has 0 radical (unpaired) electrons. The van der Waals surface area contributed by atoms with Gasteiger partial charge in [-0.25, -0.2) is 0 Å². The van der Waals surface area contributed by atoms with Gasteiger partial charge in [0, 0.05) is 6.04 Å². The van der Waals surface area contributed by atoms with Crippen molar-refractivity contribution in [1.82, 2.24) is 0 Å². The standard InChI is InChI=1S/C12H20N2/c1-9-5-4-6-10(7-9)11(14)12(2,3)8-13/h4-7,11H,8,13-14H2,1-3H3. The summed E-state index contributed by atoms with van der Waals surface area (Å²) >= 11 is 0. The second-order valence-corrected chi connectivity index (χ2v) is 4.58. The Morgan fingerprint density at radius 2 is 2.00 bits per heavy atom. The maximum atomic E-state index is 6.17. The molecule has 0 saturated heterocycles. The fraction of sp³-hybridized carbons (Fsp3) is 0.500. The van der Waals surface area contributed by atoms with Gasteiger partial charge in [0.15, 0.2) is 0 Å². The van der Waals surface area contributed by atoms with Crippen LogP contribution in [0, 0.1) is 12.3 Å². The van der Waals surface area contributed by atoms with Crippen LogP contribution in [0.25, 0.3) is 0 Å². The van der Waals surface area contributed by atoms with Crippen molar-refractivity contribution < 1.29 is 0 Å². The maximum Gasteiger partial charge on any atom is 0.0359 e. The molecule has 1 aromatic carbocycles. The molecule has 1 rings (SSSR count). The van der Waals surface area contributed by atoms with Gasteiger partial charge < -0.3 is 11.5 Å². The Bertz CT molecular complexity index is 305. The molecule has 1 atom stereocenters. The van der Waals surface area contributed by atoms with Gasteiger partial charge in [-0.15, -0.1) is 0 Å². The molecule has 2 nitrogen and oxygen atoms in total. The minimum Gasteiger partial charge on any atom is -0.330 e. The van der Waals surface area contributed by atoms with Gasteiger partial charge in [-0.3, -0.25) is 0 Å². The lowest BCUT2D eigenvalue weighted by molar-refractivity contribution is 0.301. The highest BCUT2D eigenvalue weighted by Crippen LogP contribution is 2.30. The van der Waals surface area contributed by atoms with E-state index in [1.54, 1.807) is 0 Å². The minimum absolute atomic E-state index is 0.00685. The van der Waals surface area contributed by atoms with Crippen LogP contribution < -0.4 is 11.5 Å². The van der Waals surface area contributed by atoms with Crippen LogP contribution in [0.2, 0.25) is 0 Å². The third kappa shape index (κ3) is 2.34. The van der Waals surface area contributed by atoms with Crippen molar-refractivity contribution in [3.8, 4) is 0 Å². The predicted molar refractivity (Wildman–Crippen MR) is 60.9 cm³/mol. The number of hydrogen-bond acceptors (Lipinski definition) is 2. The number of benzene rings is 1. The molecule has 0 amide bonds. The summed E-state index contributed by atoms with van der Waals surface area (Å²) in [6.07, 6.45) is 0. The molecule has 0 aromatic heterocycles. The highest BCUT2D eigenvalue weighted by atomic mass is 14.7. The zero-order valence-corrected chi connectivity index (χ0v) is 9.25. The summed E-state index contributed by atoms with van der Waals surface area (Å²) in [5, 5.41) is 0. The Hall–Kier alpha value is -0.860. The summed E-state index contributed by atoms with van der Waals surface area (Å²) < 4.78 is 0. The van der Waals surface area contributed by atoms with Gasteiger partial charge in [-0.05, 0) is 24.4 Å². The summed E-state index contributed by atoms with van der Waals surface area (Å²) in [4.78, 5) is 0. The molecular formula is C12H20N2. The van der Waals surface area contributed by atoms with Crippen molar-refractivity contribution in [2.45, 2.75) is 26.8 Å². The van der Waals surface area contributed by atoms with Gasteiger partial charge in [0.25, 0.3) is 0 Å². The third-order valence-electron chi connectivity index (χ3n) is 2.77. The smallest absolute Gasteiger partial charge is 0.0359 e. The maximum absolute atomic E-state index is 6.17. The molecule has 14 heavy (non-hydrogen) atoms. The molecule has 0 aliphatic rings. The highest BCUT2D eigenvalue weighted by molar-refractivity contribution is 5.26. The SMILES string of the molecule is Cc1cccc(C(N)C(C)(C)CN)c1. The average Bonchev–Trinajstić information content (AvgIpc) is 2.16. The van der Waals surface area contributed by atoms with E-state index in [9.17, 15) is 0 Å². The van der Waals surface area contributed by atoms with E-state index in [0.717, 1.165) is 0 Å². The Morgan fingerprint density at radius 1 is 1.36 bits per heavy atom. The summed E-state index contributed by atoms with van der Waals surface area (Å²) in [5.41, 5.74) is 14.2. The van der Waals surface area contributed by atoms with E-state index in [1.165, 1.54) is 11.1 Å². The van der Waals surface area contributed by atoms with E-state index in [0.29, 0.717) is 6.54 Å². The monoisotopic (exact) mass is 192 g/mol. The zero-order chi connectivity index (χ0) is 10.8. The van der Waals surface area contributed by atoms with Crippen LogP contribution in [-0.2, 0) is 0 Å². The highest BCUT2D eigenvalue weighted by Gasteiger charge is 2.25. The molecule has 2 heteroatoms. The molecule has 0 heterocycles. The number of hydrogen-bond donors (Lipinski definition) is 2. The first-order chi connectivity index (χ1) is 6.47. The molecule has 0 saturated carbocycles. The molecular weight excluding hydrogens is 172 g/mol. The molecule has 4 N–H and O–H groups in total. The summed E-state index contributed by atoms with van der Waals surface area (Å²) in [6.45, 7) is 6.87. The van der Waals surface area contributed by atoms with Gasteiger partial charge in [-0.1, -0.05) is 43.7 Å². The largest absolute Gasteiger partial charge is 0.330 e. The minimum atomic E-state index is -0.0478. The van der Waals surface area contributed by atoms with Crippen LogP contribution in [0.1, 0.15) is 31.0 Å². The van der Waals surface area contributed by atoms with Crippen molar-refractivity contribution in [3.05, 3.63) is 35.4 Å². The number of aryl methyl sites for hydroxylation is 1. The first-order valence-corrected chi connectivity index (χ1v) is 4.99. The van der Waals surface area contributed by atoms with Crippen LogP contribution in [0.15, 0.2) is 24.3 Å². The molecule has 0 aliphatic carbocycles. The fourth-order valence-corrected chi connectivity index (χ4v) is 1.44. The second kappa shape index (κ2) is 4.11. The predicted octanol–water partition coefficient (Wildman–Crippen LogP) is 1.98. The molecule has 0 fully saturated rings. The van der Waals surface area contributed by atoms with Crippen LogP contribution in [0.5, 0.6) is 0 Å². The van der Waals surface area contributed by atoms with Crippen LogP contribution in [0.4, 0.5) is 0 Å². The topological polar surface area (TPSA) is 52.0 Å². The third-order valence-corrected chi connectivity index (χ3v) is 2.77. The molecule has 1 unspecified atom stereocenters. The Labute approximate surface area is 86.3 Å². The first kappa shape index (κ1) is 11.2. The second-order valence-electron chi connectivity index (χ2n) is 4.58. The lowest BCUT2D eigenvalue weighted by Crippen LogP contribution is -2.35. The lowest BCUT2D eigenvalue weighted by atomic mass is 9.81. The quantitative estimate of drug-likeness (QED) is 0.769. The number of nitrogens with two attached hydrogens (primary N) is 2.